The fraction of sp³-hybridized carbons (Fsp3) is 0.357. The fourth-order valence-corrected chi connectivity index (χ4v) is 2.08. The molecule has 19 heavy (non-hydrogen) atoms. The van der Waals surface area contributed by atoms with Crippen molar-refractivity contribution in [2.75, 3.05) is 0 Å². The van der Waals surface area contributed by atoms with Gasteiger partial charge in [0.15, 0.2) is 11.6 Å². The van der Waals surface area contributed by atoms with Crippen molar-refractivity contribution in [3.8, 4) is 5.75 Å². The van der Waals surface area contributed by atoms with Crippen LogP contribution in [0.3, 0.4) is 0 Å². The van der Waals surface area contributed by atoms with E-state index in [1.165, 1.54) is 17.4 Å². The molecule has 2 rings (SSSR count). The van der Waals surface area contributed by atoms with Crippen molar-refractivity contribution < 1.29 is 9.13 Å². The lowest BCUT2D eigenvalue weighted by Crippen LogP contribution is -2.21. The first-order chi connectivity index (χ1) is 9.15. The highest BCUT2D eigenvalue weighted by molar-refractivity contribution is 7.09. The van der Waals surface area contributed by atoms with Gasteiger partial charge in [-0.1, -0.05) is 19.9 Å². The predicted octanol–water partition coefficient (Wildman–Crippen LogP) is 3.36. The quantitative estimate of drug-likeness (QED) is 0.881. The lowest BCUT2D eigenvalue weighted by Gasteiger charge is -2.10. The van der Waals surface area contributed by atoms with Gasteiger partial charge in [-0.15, -0.1) is 11.3 Å². The van der Waals surface area contributed by atoms with Crippen LogP contribution in [0.5, 0.6) is 5.75 Å². The molecule has 0 spiro atoms. The summed E-state index contributed by atoms with van der Waals surface area (Å²) in [5.74, 6) is -0.0666. The number of aromatic nitrogens is 1. The Morgan fingerprint density at radius 1 is 1.42 bits per heavy atom. The number of hydrogen-bond acceptors (Lipinski definition) is 4. The van der Waals surface area contributed by atoms with Crippen LogP contribution >= 0.6 is 11.3 Å². The highest BCUT2D eigenvalue weighted by atomic mass is 32.1. The first kappa shape index (κ1) is 14.0. The van der Waals surface area contributed by atoms with Crippen molar-refractivity contribution in [2.45, 2.75) is 33.0 Å². The molecule has 0 bridgehead atoms. The Balaban J connectivity index is 1.94. The van der Waals surface area contributed by atoms with Gasteiger partial charge in [0.2, 0.25) is 0 Å². The molecule has 2 aromatic rings. The molecule has 1 aromatic carbocycles. The van der Waals surface area contributed by atoms with E-state index in [1.54, 1.807) is 12.3 Å². The fourth-order valence-electron chi connectivity index (χ4n) is 1.56. The second kappa shape index (κ2) is 6.63. The van der Waals surface area contributed by atoms with Gasteiger partial charge < -0.3 is 10.1 Å². The molecule has 1 aromatic heterocycles. The molecule has 0 saturated heterocycles. The summed E-state index contributed by atoms with van der Waals surface area (Å²) in [7, 11) is 0. The number of nitrogens with zero attached hydrogens (tertiary/aromatic N) is 1. The highest BCUT2D eigenvalue weighted by Gasteiger charge is 2.06. The third-order valence-electron chi connectivity index (χ3n) is 2.55. The normalized spacial score (nSPS) is 10.9. The zero-order chi connectivity index (χ0) is 13.7. The third-order valence-corrected chi connectivity index (χ3v) is 3.30. The van der Waals surface area contributed by atoms with E-state index in [0.717, 1.165) is 10.6 Å². The van der Waals surface area contributed by atoms with Gasteiger partial charge >= 0.3 is 0 Å². The highest BCUT2D eigenvalue weighted by Crippen LogP contribution is 2.20. The summed E-state index contributed by atoms with van der Waals surface area (Å²) in [6.45, 7) is 5.07. The Kier molecular flexibility index (Phi) is 4.87. The zero-order valence-electron chi connectivity index (χ0n) is 11.0. The molecule has 0 aliphatic heterocycles. The number of thiazole rings is 1. The number of nitrogens with one attached hydrogen (secondary N) is 1. The van der Waals surface area contributed by atoms with E-state index in [-0.39, 0.29) is 11.6 Å². The van der Waals surface area contributed by atoms with E-state index < -0.39 is 0 Å². The Labute approximate surface area is 116 Å². The molecular formula is C14H17FN2OS. The maximum atomic E-state index is 13.8. The first-order valence-corrected chi connectivity index (χ1v) is 7.06. The minimum Gasteiger partial charge on any atom is -0.483 e. The smallest absolute Gasteiger partial charge is 0.165 e. The molecule has 0 unspecified atom stereocenters. The van der Waals surface area contributed by atoms with Gasteiger partial charge in [-0.2, -0.15) is 0 Å². The van der Waals surface area contributed by atoms with Crippen LogP contribution in [0.15, 0.2) is 29.8 Å². The average Bonchev–Trinajstić information content (AvgIpc) is 2.88. The van der Waals surface area contributed by atoms with Crippen LogP contribution in [0.1, 0.15) is 24.4 Å². The van der Waals surface area contributed by atoms with Crippen molar-refractivity contribution >= 4 is 11.3 Å². The van der Waals surface area contributed by atoms with Crippen LogP contribution in [-0.2, 0) is 13.2 Å². The molecule has 0 saturated carbocycles. The van der Waals surface area contributed by atoms with E-state index in [0.29, 0.717) is 19.2 Å². The van der Waals surface area contributed by atoms with Crippen molar-refractivity contribution in [3.05, 3.63) is 46.2 Å². The van der Waals surface area contributed by atoms with Crippen molar-refractivity contribution in [2.24, 2.45) is 0 Å². The van der Waals surface area contributed by atoms with Gasteiger partial charge in [-0.3, -0.25) is 0 Å². The van der Waals surface area contributed by atoms with Crippen molar-refractivity contribution in [1.82, 2.24) is 10.3 Å². The van der Waals surface area contributed by atoms with Gasteiger partial charge in [0.1, 0.15) is 11.6 Å². The van der Waals surface area contributed by atoms with E-state index in [4.69, 9.17) is 4.74 Å². The van der Waals surface area contributed by atoms with Crippen molar-refractivity contribution in [3.63, 3.8) is 0 Å². The van der Waals surface area contributed by atoms with E-state index in [1.807, 2.05) is 11.4 Å². The summed E-state index contributed by atoms with van der Waals surface area (Å²) in [6.07, 6.45) is 1.71. The molecule has 0 aliphatic rings. The summed E-state index contributed by atoms with van der Waals surface area (Å²) in [5, 5.41) is 5.96. The number of hydrogen-bond donors (Lipinski definition) is 1. The molecule has 1 N–H and O–H groups in total. The third kappa shape index (κ3) is 4.29. The van der Waals surface area contributed by atoms with Crippen LogP contribution < -0.4 is 10.1 Å². The number of benzene rings is 1. The number of ether oxygens (including phenoxy) is 1. The monoisotopic (exact) mass is 280 g/mol. The van der Waals surface area contributed by atoms with Crippen molar-refractivity contribution in [1.29, 1.82) is 0 Å². The topological polar surface area (TPSA) is 34.1 Å². The standard InChI is InChI=1S/C14H17FN2OS/c1-10(2)17-8-11-3-4-13(12(15)7-11)18-9-14-16-5-6-19-14/h3-7,10,17H,8-9H2,1-2H3. The molecule has 1 heterocycles. The maximum absolute atomic E-state index is 13.8. The van der Waals surface area contributed by atoms with E-state index >= 15 is 0 Å². The van der Waals surface area contributed by atoms with Gasteiger partial charge in [-0.05, 0) is 17.7 Å². The van der Waals surface area contributed by atoms with Crippen LogP contribution in [0.2, 0.25) is 0 Å². The molecule has 0 aliphatic carbocycles. The Morgan fingerprint density at radius 3 is 2.89 bits per heavy atom. The average molecular weight is 280 g/mol. The molecule has 0 atom stereocenters. The van der Waals surface area contributed by atoms with Gasteiger partial charge in [0.05, 0.1) is 0 Å². The van der Waals surface area contributed by atoms with E-state index in [9.17, 15) is 4.39 Å². The van der Waals surface area contributed by atoms with Crippen LogP contribution in [0.4, 0.5) is 4.39 Å². The first-order valence-electron chi connectivity index (χ1n) is 6.18. The summed E-state index contributed by atoms with van der Waals surface area (Å²) in [6, 6.07) is 5.42. The summed E-state index contributed by atoms with van der Waals surface area (Å²) in [4.78, 5) is 4.09. The van der Waals surface area contributed by atoms with Gasteiger partial charge in [0.25, 0.3) is 0 Å². The summed E-state index contributed by atoms with van der Waals surface area (Å²) < 4.78 is 19.2. The second-order valence-electron chi connectivity index (χ2n) is 4.51. The Bertz CT molecular complexity index is 514. The van der Waals surface area contributed by atoms with Crippen LogP contribution in [0.25, 0.3) is 0 Å². The Hall–Kier alpha value is -1.46. The number of halogens is 1. The lowest BCUT2D eigenvalue weighted by atomic mass is 10.2. The summed E-state index contributed by atoms with van der Waals surface area (Å²) >= 11 is 1.49. The second-order valence-corrected chi connectivity index (χ2v) is 5.49. The molecule has 0 amide bonds. The van der Waals surface area contributed by atoms with E-state index in [2.05, 4.69) is 24.1 Å². The molecular weight excluding hydrogens is 263 g/mol. The summed E-state index contributed by atoms with van der Waals surface area (Å²) in [5.41, 5.74) is 0.910. The van der Waals surface area contributed by atoms with Gasteiger partial charge in [-0.25, -0.2) is 9.37 Å². The SMILES string of the molecule is CC(C)NCc1ccc(OCc2nccs2)c(F)c1. The maximum Gasteiger partial charge on any atom is 0.165 e. The minimum absolute atomic E-state index is 0.267. The zero-order valence-corrected chi connectivity index (χ0v) is 11.8. The molecule has 3 nitrogen and oxygen atoms in total. The van der Waals surface area contributed by atoms with Gasteiger partial charge in [0, 0.05) is 24.2 Å². The Morgan fingerprint density at radius 2 is 2.26 bits per heavy atom. The molecule has 0 fully saturated rings. The molecule has 102 valence electrons. The molecule has 5 heteroatoms. The number of rotatable bonds is 6. The molecule has 0 radical (unpaired) electrons. The largest absolute Gasteiger partial charge is 0.483 e. The minimum atomic E-state index is -0.334. The van der Waals surface area contributed by atoms with Crippen LogP contribution in [-0.4, -0.2) is 11.0 Å². The lowest BCUT2D eigenvalue weighted by molar-refractivity contribution is 0.289. The predicted molar refractivity (Wildman–Crippen MR) is 74.8 cm³/mol. The van der Waals surface area contributed by atoms with Crippen LogP contribution in [0, 0.1) is 5.82 Å².